The van der Waals surface area contributed by atoms with Crippen LogP contribution < -0.4 is 0 Å². The zero-order chi connectivity index (χ0) is 15.3. The van der Waals surface area contributed by atoms with Crippen LogP contribution in [0.15, 0.2) is 33.6 Å². The maximum atomic E-state index is 12.9. The van der Waals surface area contributed by atoms with Crippen molar-refractivity contribution in [3.8, 4) is 0 Å². The molecule has 0 aliphatic carbocycles. The Kier molecular flexibility index (Phi) is 3.23. The van der Waals surface area contributed by atoms with Crippen molar-refractivity contribution in [1.82, 2.24) is 4.90 Å². The third-order valence-corrected chi connectivity index (χ3v) is 5.12. The molecule has 1 aromatic rings. The summed E-state index contributed by atoms with van der Waals surface area (Å²) in [7, 11) is -3.79. The molecule has 4 nitrogen and oxygen atoms in total. The Morgan fingerprint density at radius 3 is 2.67 bits per heavy atom. The number of hydrogen-bond acceptors (Lipinski definition) is 3. The normalized spacial score (nSPS) is 24.6. The van der Waals surface area contributed by atoms with Gasteiger partial charge in [-0.25, -0.2) is 0 Å². The van der Waals surface area contributed by atoms with Crippen molar-refractivity contribution in [2.45, 2.75) is 23.9 Å². The summed E-state index contributed by atoms with van der Waals surface area (Å²) in [5.74, 6) is -1.30. The van der Waals surface area contributed by atoms with Gasteiger partial charge in [-0.2, -0.15) is 21.6 Å². The number of sulfonamides is 1. The zero-order valence-electron chi connectivity index (χ0n) is 11.0. The summed E-state index contributed by atoms with van der Waals surface area (Å²) in [6, 6.07) is 6.23. The standard InChI is InChI=1S/C13H13F3N2O2S/c14-13(15,16)9-4-3-7-18(8-9)12-10-5-1-2-6-11(10)21(19,20)17-12/h1-2,5-6,9H,3-4,7-8H2. The number of piperidine rings is 1. The number of fused-ring (bicyclic) bond motifs is 1. The van der Waals surface area contributed by atoms with Gasteiger partial charge in [0.15, 0.2) is 5.84 Å². The van der Waals surface area contributed by atoms with E-state index in [2.05, 4.69) is 4.40 Å². The lowest BCUT2D eigenvalue weighted by molar-refractivity contribution is -0.183. The number of nitrogens with zero attached hydrogens (tertiary/aromatic N) is 2. The van der Waals surface area contributed by atoms with Crippen molar-refractivity contribution in [3.05, 3.63) is 29.8 Å². The van der Waals surface area contributed by atoms with Crippen molar-refractivity contribution in [3.63, 3.8) is 0 Å². The van der Waals surface area contributed by atoms with Crippen LogP contribution in [0.2, 0.25) is 0 Å². The molecule has 1 aromatic carbocycles. The molecule has 0 N–H and O–H groups in total. The molecule has 21 heavy (non-hydrogen) atoms. The first-order chi connectivity index (χ1) is 9.79. The molecule has 0 bridgehead atoms. The van der Waals surface area contributed by atoms with Crippen molar-refractivity contribution in [1.29, 1.82) is 0 Å². The van der Waals surface area contributed by atoms with Gasteiger partial charge in [0.05, 0.1) is 5.92 Å². The minimum Gasteiger partial charge on any atom is -0.355 e. The molecule has 114 valence electrons. The van der Waals surface area contributed by atoms with Gasteiger partial charge in [0.1, 0.15) is 4.90 Å². The second kappa shape index (κ2) is 4.72. The van der Waals surface area contributed by atoms with Crippen LogP contribution in [-0.2, 0) is 10.0 Å². The number of amidine groups is 1. The van der Waals surface area contributed by atoms with Gasteiger partial charge in [0.25, 0.3) is 10.0 Å². The molecule has 1 saturated heterocycles. The highest BCUT2D eigenvalue weighted by molar-refractivity contribution is 7.90. The van der Waals surface area contributed by atoms with Crippen LogP contribution in [0.4, 0.5) is 13.2 Å². The van der Waals surface area contributed by atoms with Gasteiger partial charge in [-0.3, -0.25) is 0 Å². The van der Waals surface area contributed by atoms with E-state index in [0.717, 1.165) is 0 Å². The average molecular weight is 318 g/mol. The minimum absolute atomic E-state index is 0.0640. The van der Waals surface area contributed by atoms with E-state index in [0.29, 0.717) is 18.5 Å². The van der Waals surface area contributed by atoms with E-state index in [-0.39, 0.29) is 23.7 Å². The molecule has 1 unspecified atom stereocenters. The summed E-state index contributed by atoms with van der Waals surface area (Å²) in [6.07, 6.45) is -3.83. The lowest BCUT2D eigenvalue weighted by atomic mass is 9.97. The summed E-state index contributed by atoms with van der Waals surface area (Å²) >= 11 is 0. The van der Waals surface area contributed by atoms with Gasteiger partial charge in [-0.15, -0.1) is 4.40 Å². The summed E-state index contributed by atoms with van der Waals surface area (Å²) in [6.45, 7) is 0.140. The predicted octanol–water partition coefficient (Wildman–Crippen LogP) is 2.41. The van der Waals surface area contributed by atoms with E-state index >= 15 is 0 Å². The fraction of sp³-hybridized carbons (Fsp3) is 0.462. The van der Waals surface area contributed by atoms with Gasteiger partial charge in [0, 0.05) is 18.7 Å². The SMILES string of the molecule is O=S1(=O)N=C(N2CCCC(C(F)(F)F)C2)c2ccccc21. The first-order valence-corrected chi connectivity index (χ1v) is 7.99. The van der Waals surface area contributed by atoms with E-state index in [4.69, 9.17) is 0 Å². The average Bonchev–Trinajstić information content (AvgIpc) is 2.71. The van der Waals surface area contributed by atoms with Crippen LogP contribution >= 0.6 is 0 Å². The van der Waals surface area contributed by atoms with E-state index < -0.39 is 22.1 Å². The second-order valence-electron chi connectivity index (χ2n) is 5.21. The minimum atomic E-state index is -4.27. The molecule has 8 heteroatoms. The van der Waals surface area contributed by atoms with Crippen LogP contribution in [0.1, 0.15) is 18.4 Å². The molecule has 0 spiro atoms. The Hall–Kier alpha value is -1.57. The largest absolute Gasteiger partial charge is 0.393 e. The predicted molar refractivity (Wildman–Crippen MR) is 70.5 cm³/mol. The third kappa shape index (κ3) is 2.52. The highest BCUT2D eigenvalue weighted by Gasteiger charge is 2.43. The molecular weight excluding hydrogens is 305 g/mol. The van der Waals surface area contributed by atoms with Crippen LogP contribution in [0.3, 0.4) is 0 Å². The lowest BCUT2D eigenvalue weighted by Crippen LogP contribution is -2.44. The first kappa shape index (κ1) is 14.4. The van der Waals surface area contributed by atoms with E-state index in [9.17, 15) is 21.6 Å². The monoisotopic (exact) mass is 318 g/mol. The van der Waals surface area contributed by atoms with Crippen LogP contribution in [0.5, 0.6) is 0 Å². The Labute approximate surface area is 120 Å². The number of alkyl halides is 3. The molecule has 0 radical (unpaired) electrons. The summed E-state index contributed by atoms with van der Waals surface area (Å²) < 4.78 is 66.2. The number of likely N-dealkylation sites (tertiary alicyclic amines) is 1. The van der Waals surface area contributed by atoms with Gasteiger partial charge in [0.2, 0.25) is 0 Å². The molecule has 0 amide bonds. The number of halogens is 3. The topological polar surface area (TPSA) is 49.7 Å². The Bertz CT molecular complexity index is 698. The summed E-state index contributed by atoms with van der Waals surface area (Å²) in [5, 5.41) is 0. The van der Waals surface area contributed by atoms with E-state index in [1.165, 1.54) is 11.0 Å². The summed E-state index contributed by atoms with van der Waals surface area (Å²) in [5.41, 5.74) is 0.389. The van der Waals surface area contributed by atoms with Crippen LogP contribution in [0.25, 0.3) is 0 Å². The Morgan fingerprint density at radius 2 is 1.95 bits per heavy atom. The second-order valence-corrected chi connectivity index (χ2v) is 6.79. The number of hydrogen-bond donors (Lipinski definition) is 0. The maximum Gasteiger partial charge on any atom is 0.393 e. The first-order valence-electron chi connectivity index (χ1n) is 6.55. The number of rotatable bonds is 0. The molecule has 2 heterocycles. The smallest absolute Gasteiger partial charge is 0.355 e. The van der Waals surface area contributed by atoms with Crippen molar-refractivity contribution >= 4 is 15.9 Å². The zero-order valence-corrected chi connectivity index (χ0v) is 11.8. The van der Waals surface area contributed by atoms with Crippen molar-refractivity contribution in [2.24, 2.45) is 10.3 Å². The van der Waals surface area contributed by atoms with Gasteiger partial charge in [-0.05, 0) is 25.0 Å². The van der Waals surface area contributed by atoms with Gasteiger partial charge < -0.3 is 4.90 Å². The maximum absolute atomic E-state index is 12.9. The van der Waals surface area contributed by atoms with Crippen LogP contribution in [-0.4, -0.2) is 38.4 Å². The fourth-order valence-corrected chi connectivity index (χ4v) is 3.98. The third-order valence-electron chi connectivity index (χ3n) is 3.80. The molecule has 2 aliphatic heterocycles. The molecule has 0 saturated carbocycles. The highest BCUT2D eigenvalue weighted by atomic mass is 32.2. The fourth-order valence-electron chi connectivity index (χ4n) is 2.75. The molecule has 1 fully saturated rings. The molecule has 3 rings (SSSR count). The van der Waals surface area contributed by atoms with Crippen molar-refractivity contribution in [2.75, 3.05) is 13.1 Å². The van der Waals surface area contributed by atoms with E-state index in [1.807, 2.05) is 0 Å². The molecule has 1 atom stereocenters. The highest BCUT2D eigenvalue weighted by Crippen LogP contribution is 2.35. The van der Waals surface area contributed by atoms with Crippen LogP contribution in [0, 0.1) is 5.92 Å². The quantitative estimate of drug-likeness (QED) is 0.738. The van der Waals surface area contributed by atoms with Crippen molar-refractivity contribution < 1.29 is 21.6 Å². The summed E-state index contributed by atoms with van der Waals surface area (Å²) in [4.78, 5) is 1.50. The number of benzene rings is 1. The molecular formula is C13H13F3N2O2S. The van der Waals surface area contributed by atoms with Gasteiger partial charge in [-0.1, -0.05) is 12.1 Å². The lowest BCUT2D eigenvalue weighted by Gasteiger charge is -2.34. The van der Waals surface area contributed by atoms with Gasteiger partial charge >= 0.3 is 6.18 Å². The Morgan fingerprint density at radius 1 is 1.24 bits per heavy atom. The Balaban J connectivity index is 1.95. The molecule has 0 aromatic heterocycles. The van der Waals surface area contributed by atoms with E-state index in [1.54, 1.807) is 18.2 Å². The molecule has 2 aliphatic rings.